The standard InChI is InChI=1S/C19H26O3S.Ca.2H/c1-2-3-4-5-6-7-10-16-22-23(20,21)19-15-11-13-17-12-8-9-14-18(17)19;;;/h8-9,11-15H,2-7,10,16H2,1H3;;;/q;+2;2*-1. The van der Waals surface area contributed by atoms with Crippen molar-refractivity contribution < 1.29 is 15.5 Å². The largest absolute Gasteiger partial charge is 2.00 e. The van der Waals surface area contributed by atoms with Crippen LogP contribution in [0.25, 0.3) is 10.8 Å². The molecule has 0 heterocycles. The van der Waals surface area contributed by atoms with E-state index in [0.717, 1.165) is 30.0 Å². The molecule has 2 aromatic rings. The fourth-order valence-electron chi connectivity index (χ4n) is 2.70. The summed E-state index contributed by atoms with van der Waals surface area (Å²) in [5.41, 5.74) is 0. The van der Waals surface area contributed by atoms with E-state index >= 15 is 0 Å². The van der Waals surface area contributed by atoms with Crippen LogP contribution in [-0.2, 0) is 14.3 Å². The predicted octanol–water partition coefficient (Wildman–Crippen LogP) is 5.14. The molecular formula is C19H28CaO3S. The zero-order valence-electron chi connectivity index (χ0n) is 16.5. The fourth-order valence-corrected chi connectivity index (χ4v) is 3.87. The van der Waals surface area contributed by atoms with E-state index in [9.17, 15) is 8.42 Å². The van der Waals surface area contributed by atoms with Gasteiger partial charge in [-0.3, -0.25) is 4.18 Å². The normalized spacial score (nSPS) is 11.4. The van der Waals surface area contributed by atoms with Gasteiger partial charge in [0.15, 0.2) is 0 Å². The summed E-state index contributed by atoms with van der Waals surface area (Å²) in [5, 5.41) is 1.63. The van der Waals surface area contributed by atoms with Crippen LogP contribution in [0.4, 0.5) is 0 Å². The maximum Gasteiger partial charge on any atom is 2.00 e. The van der Waals surface area contributed by atoms with E-state index in [1.54, 1.807) is 12.1 Å². The maximum atomic E-state index is 12.4. The van der Waals surface area contributed by atoms with Crippen LogP contribution in [0.3, 0.4) is 0 Å². The number of unbranched alkanes of at least 4 members (excludes halogenated alkanes) is 6. The second-order valence-corrected chi connectivity index (χ2v) is 7.46. The van der Waals surface area contributed by atoms with E-state index in [4.69, 9.17) is 4.18 Å². The molecule has 2 rings (SSSR count). The molecule has 0 amide bonds. The first kappa shape index (κ1) is 21.9. The Morgan fingerprint density at radius 2 is 1.50 bits per heavy atom. The van der Waals surface area contributed by atoms with Gasteiger partial charge >= 0.3 is 37.7 Å². The Morgan fingerprint density at radius 1 is 0.875 bits per heavy atom. The molecule has 0 aliphatic rings. The molecule has 0 N–H and O–H groups in total. The van der Waals surface area contributed by atoms with Crippen molar-refractivity contribution in [2.24, 2.45) is 0 Å². The predicted molar refractivity (Wildman–Crippen MR) is 103 cm³/mol. The Morgan fingerprint density at radius 3 is 2.25 bits per heavy atom. The first-order valence-corrected chi connectivity index (χ1v) is 9.93. The quantitative estimate of drug-likeness (QED) is 0.327. The van der Waals surface area contributed by atoms with Crippen LogP contribution in [0, 0.1) is 0 Å². The monoisotopic (exact) mass is 376 g/mol. The summed E-state index contributed by atoms with van der Waals surface area (Å²) in [6, 6.07) is 12.7. The summed E-state index contributed by atoms with van der Waals surface area (Å²) in [6.07, 6.45) is 7.98. The van der Waals surface area contributed by atoms with E-state index < -0.39 is 10.1 Å². The van der Waals surface area contributed by atoms with Crippen molar-refractivity contribution in [1.29, 1.82) is 0 Å². The molecule has 0 saturated carbocycles. The Bertz CT molecular complexity index is 718. The molecule has 0 unspecified atom stereocenters. The third kappa shape index (κ3) is 6.64. The Labute approximate surface area is 178 Å². The maximum absolute atomic E-state index is 12.4. The van der Waals surface area contributed by atoms with Crippen molar-refractivity contribution >= 4 is 58.6 Å². The van der Waals surface area contributed by atoms with Gasteiger partial charge in [0.25, 0.3) is 10.1 Å². The van der Waals surface area contributed by atoms with Gasteiger partial charge in [-0.1, -0.05) is 81.8 Å². The SMILES string of the molecule is CCCCCCCCCOS(=O)(=O)c1cccc2ccccc12.[Ca+2].[H-].[H-]. The summed E-state index contributed by atoms with van der Waals surface area (Å²) in [7, 11) is -3.69. The van der Waals surface area contributed by atoms with Crippen LogP contribution >= 0.6 is 0 Å². The first-order valence-electron chi connectivity index (χ1n) is 8.52. The van der Waals surface area contributed by atoms with Gasteiger partial charge in [-0.15, -0.1) is 0 Å². The van der Waals surface area contributed by atoms with Crippen molar-refractivity contribution in [2.75, 3.05) is 6.61 Å². The number of fused-ring (bicyclic) bond motifs is 1. The molecule has 0 atom stereocenters. The van der Waals surface area contributed by atoms with Crippen LogP contribution in [-0.4, -0.2) is 52.8 Å². The van der Waals surface area contributed by atoms with Gasteiger partial charge in [-0.25, -0.2) is 0 Å². The average molecular weight is 377 g/mol. The number of hydrogen-bond acceptors (Lipinski definition) is 3. The molecule has 2 aromatic carbocycles. The topological polar surface area (TPSA) is 43.4 Å². The Balaban J connectivity index is 0. The summed E-state index contributed by atoms with van der Waals surface area (Å²) in [4.78, 5) is 0.263. The zero-order valence-corrected chi connectivity index (χ0v) is 17.6. The summed E-state index contributed by atoms with van der Waals surface area (Å²) in [5.74, 6) is 0. The summed E-state index contributed by atoms with van der Waals surface area (Å²) in [6.45, 7) is 2.46. The van der Waals surface area contributed by atoms with Crippen molar-refractivity contribution in [3.05, 3.63) is 42.5 Å². The minimum Gasteiger partial charge on any atom is -1.00 e. The number of rotatable bonds is 10. The second kappa shape index (κ2) is 11.5. The van der Waals surface area contributed by atoms with Crippen molar-refractivity contribution in [1.82, 2.24) is 0 Å². The van der Waals surface area contributed by atoms with Crippen LogP contribution in [0.1, 0.15) is 54.7 Å². The smallest absolute Gasteiger partial charge is 1.00 e. The Hall–Kier alpha value is -0.130. The third-order valence-corrected chi connectivity index (χ3v) is 5.38. The molecule has 0 fully saturated rings. The van der Waals surface area contributed by atoms with Crippen molar-refractivity contribution in [3.8, 4) is 0 Å². The molecule has 0 spiro atoms. The van der Waals surface area contributed by atoms with Gasteiger partial charge in [0.2, 0.25) is 0 Å². The molecule has 0 aliphatic carbocycles. The van der Waals surface area contributed by atoms with E-state index in [1.165, 1.54) is 25.7 Å². The molecule has 3 nitrogen and oxygen atoms in total. The average Bonchev–Trinajstić information content (AvgIpc) is 2.56. The molecular weight excluding hydrogens is 348 g/mol. The molecule has 5 heteroatoms. The molecule has 0 saturated heterocycles. The van der Waals surface area contributed by atoms with E-state index in [-0.39, 0.29) is 52.1 Å². The van der Waals surface area contributed by atoms with E-state index in [1.807, 2.05) is 30.3 Å². The molecule has 130 valence electrons. The summed E-state index contributed by atoms with van der Waals surface area (Å²) < 4.78 is 30.0. The molecule has 0 aliphatic heterocycles. The number of hydrogen-bond donors (Lipinski definition) is 0. The zero-order chi connectivity index (χ0) is 16.5. The van der Waals surface area contributed by atoms with E-state index in [2.05, 4.69) is 6.92 Å². The minimum atomic E-state index is -3.69. The van der Waals surface area contributed by atoms with Gasteiger partial charge < -0.3 is 2.85 Å². The fraction of sp³-hybridized carbons (Fsp3) is 0.474. The van der Waals surface area contributed by atoms with Gasteiger partial charge in [0.1, 0.15) is 4.90 Å². The Kier molecular flexibility index (Phi) is 10.5. The molecule has 0 radical (unpaired) electrons. The van der Waals surface area contributed by atoms with Crippen LogP contribution in [0.15, 0.2) is 47.4 Å². The second-order valence-electron chi connectivity index (χ2n) is 5.87. The van der Waals surface area contributed by atoms with Gasteiger partial charge in [-0.2, -0.15) is 8.42 Å². The van der Waals surface area contributed by atoms with Crippen LogP contribution in [0.5, 0.6) is 0 Å². The number of benzene rings is 2. The van der Waals surface area contributed by atoms with Crippen molar-refractivity contribution in [2.45, 2.75) is 56.8 Å². The van der Waals surface area contributed by atoms with E-state index in [0.29, 0.717) is 0 Å². The summed E-state index contributed by atoms with van der Waals surface area (Å²) >= 11 is 0. The van der Waals surface area contributed by atoms with Gasteiger partial charge in [0.05, 0.1) is 6.61 Å². The van der Waals surface area contributed by atoms with Crippen molar-refractivity contribution in [3.63, 3.8) is 0 Å². The third-order valence-electron chi connectivity index (χ3n) is 4.01. The van der Waals surface area contributed by atoms with Crippen LogP contribution in [0.2, 0.25) is 0 Å². The van der Waals surface area contributed by atoms with Crippen LogP contribution < -0.4 is 0 Å². The molecule has 0 bridgehead atoms. The molecule has 0 aromatic heterocycles. The molecule has 24 heavy (non-hydrogen) atoms. The van der Waals surface area contributed by atoms with Gasteiger partial charge in [-0.05, 0) is 17.9 Å². The minimum absolute atomic E-state index is 0. The van der Waals surface area contributed by atoms with Gasteiger partial charge in [0, 0.05) is 5.39 Å². The first-order chi connectivity index (χ1) is 11.1.